The van der Waals surface area contributed by atoms with Crippen molar-refractivity contribution in [1.29, 1.82) is 0 Å². The zero-order valence-electron chi connectivity index (χ0n) is 17.6. The number of halogens is 1. The summed E-state index contributed by atoms with van der Waals surface area (Å²) in [5.74, 6) is 1.31. The van der Waals surface area contributed by atoms with Crippen LogP contribution >= 0.6 is 11.6 Å². The van der Waals surface area contributed by atoms with Crippen LogP contribution in [-0.2, 0) is 11.8 Å². The van der Waals surface area contributed by atoms with E-state index in [0.717, 1.165) is 5.82 Å². The highest BCUT2D eigenvalue weighted by Crippen LogP contribution is 2.21. The Morgan fingerprint density at radius 3 is 2.48 bits per heavy atom. The molecule has 2 heterocycles. The molecular weight excluding hydrogens is 416 g/mol. The number of piperazine rings is 1. The Labute approximate surface area is 185 Å². The zero-order chi connectivity index (χ0) is 22.0. The molecule has 31 heavy (non-hydrogen) atoms. The van der Waals surface area contributed by atoms with E-state index in [9.17, 15) is 9.59 Å². The molecule has 0 saturated carbocycles. The first-order valence-electron chi connectivity index (χ1n) is 10.3. The third kappa shape index (κ3) is 4.57. The van der Waals surface area contributed by atoms with E-state index < -0.39 is 0 Å². The number of fused-ring (bicyclic) bond motifs is 1. The Kier molecular flexibility index (Phi) is 6.25. The Bertz CT molecular complexity index is 1140. The minimum Gasteiger partial charge on any atom is -0.484 e. The molecular formula is C23H25ClN4O3. The van der Waals surface area contributed by atoms with Crippen molar-refractivity contribution in [3.8, 4) is 5.75 Å². The molecule has 7 nitrogen and oxygen atoms in total. The molecule has 0 aliphatic carbocycles. The molecule has 1 unspecified atom stereocenters. The number of rotatable bonds is 5. The average Bonchev–Trinajstić information content (AvgIpc) is 2.80. The van der Waals surface area contributed by atoms with Crippen molar-refractivity contribution >= 4 is 28.4 Å². The lowest BCUT2D eigenvalue weighted by molar-refractivity contribution is -0.135. The van der Waals surface area contributed by atoms with Gasteiger partial charge in [-0.1, -0.05) is 23.7 Å². The van der Waals surface area contributed by atoms with Crippen molar-refractivity contribution in [2.24, 2.45) is 7.05 Å². The normalized spacial score (nSPS) is 15.8. The number of nitrogens with zero attached hydrogens (tertiary/aromatic N) is 4. The van der Waals surface area contributed by atoms with Gasteiger partial charge in [0.15, 0.2) is 6.61 Å². The van der Waals surface area contributed by atoms with Gasteiger partial charge in [-0.2, -0.15) is 0 Å². The molecule has 0 bridgehead atoms. The highest BCUT2D eigenvalue weighted by Gasteiger charge is 2.27. The maximum absolute atomic E-state index is 12.7. The van der Waals surface area contributed by atoms with Gasteiger partial charge in [-0.15, -0.1) is 0 Å². The third-order valence-electron chi connectivity index (χ3n) is 5.78. The Morgan fingerprint density at radius 1 is 1.10 bits per heavy atom. The van der Waals surface area contributed by atoms with E-state index in [0.29, 0.717) is 47.9 Å². The Morgan fingerprint density at radius 2 is 1.77 bits per heavy atom. The van der Waals surface area contributed by atoms with Crippen LogP contribution in [0, 0.1) is 0 Å². The van der Waals surface area contributed by atoms with Crippen LogP contribution in [0.1, 0.15) is 18.8 Å². The quantitative estimate of drug-likeness (QED) is 0.610. The van der Waals surface area contributed by atoms with Crippen LogP contribution in [0.25, 0.3) is 10.9 Å². The number of carbonyl (C=O) groups is 1. The summed E-state index contributed by atoms with van der Waals surface area (Å²) in [7, 11) is 1.77. The van der Waals surface area contributed by atoms with E-state index in [1.165, 1.54) is 0 Å². The summed E-state index contributed by atoms with van der Waals surface area (Å²) in [4.78, 5) is 34.1. The molecule has 1 atom stereocenters. The van der Waals surface area contributed by atoms with Gasteiger partial charge in [-0.3, -0.25) is 19.1 Å². The van der Waals surface area contributed by atoms with Crippen LogP contribution in [0.2, 0.25) is 5.02 Å². The molecule has 3 aromatic rings. The lowest BCUT2D eigenvalue weighted by Crippen LogP contribution is -2.51. The summed E-state index contributed by atoms with van der Waals surface area (Å²) in [6.07, 6.45) is 0. The fourth-order valence-corrected chi connectivity index (χ4v) is 4.02. The number of aromatic nitrogens is 2. The van der Waals surface area contributed by atoms with E-state index in [4.69, 9.17) is 21.3 Å². The molecule has 1 amide bonds. The van der Waals surface area contributed by atoms with Crippen molar-refractivity contribution in [2.75, 3.05) is 32.8 Å². The Hall–Kier alpha value is -2.90. The minimum atomic E-state index is -0.0431. The number of amides is 1. The lowest BCUT2D eigenvalue weighted by Gasteiger charge is -2.38. The van der Waals surface area contributed by atoms with Crippen LogP contribution in [-0.4, -0.2) is 58.0 Å². The molecule has 1 fully saturated rings. The number of ether oxygens (including phenoxy) is 1. The third-order valence-corrected chi connectivity index (χ3v) is 6.03. The van der Waals surface area contributed by atoms with Gasteiger partial charge in [-0.25, -0.2) is 4.98 Å². The van der Waals surface area contributed by atoms with Crippen LogP contribution in [0.15, 0.2) is 53.3 Å². The molecule has 0 N–H and O–H groups in total. The summed E-state index contributed by atoms with van der Waals surface area (Å²) in [5, 5.41) is 1.25. The second-order valence-corrected chi connectivity index (χ2v) is 8.12. The van der Waals surface area contributed by atoms with Crippen molar-refractivity contribution < 1.29 is 9.53 Å². The highest BCUT2D eigenvalue weighted by atomic mass is 35.5. The number of carbonyl (C=O) groups excluding carboxylic acids is 1. The molecule has 1 saturated heterocycles. The highest BCUT2D eigenvalue weighted by molar-refractivity contribution is 6.30. The number of para-hydroxylation sites is 1. The molecule has 0 spiro atoms. The molecule has 4 rings (SSSR count). The van der Waals surface area contributed by atoms with E-state index in [2.05, 4.69) is 11.8 Å². The smallest absolute Gasteiger partial charge is 0.261 e. The second kappa shape index (κ2) is 9.08. The predicted octanol–water partition coefficient (Wildman–Crippen LogP) is 2.87. The van der Waals surface area contributed by atoms with Gasteiger partial charge in [0.1, 0.15) is 11.6 Å². The van der Waals surface area contributed by atoms with Crippen LogP contribution in [0.3, 0.4) is 0 Å². The van der Waals surface area contributed by atoms with Crippen molar-refractivity contribution in [3.05, 3.63) is 69.7 Å². The number of hydrogen-bond acceptors (Lipinski definition) is 5. The summed E-state index contributed by atoms with van der Waals surface area (Å²) in [5.41, 5.74) is 0.668. The first-order valence-corrected chi connectivity index (χ1v) is 10.7. The van der Waals surface area contributed by atoms with Gasteiger partial charge < -0.3 is 9.64 Å². The minimum absolute atomic E-state index is 0.00207. The SMILES string of the molecule is CC(c1nc2ccccc2c(=O)n1C)N1CCN(C(=O)COc2ccc(Cl)cc2)CC1. The lowest BCUT2D eigenvalue weighted by atomic mass is 10.2. The molecule has 0 radical (unpaired) electrons. The maximum atomic E-state index is 12.7. The number of benzene rings is 2. The first-order chi connectivity index (χ1) is 14.9. The van der Waals surface area contributed by atoms with Gasteiger partial charge in [0.25, 0.3) is 11.5 Å². The van der Waals surface area contributed by atoms with Gasteiger partial charge >= 0.3 is 0 Å². The molecule has 162 valence electrons. The average molecular weight is 441 g/mol. The Balaban J connectivity index is 1.37. The summed E-state index contributed by atoms with van der Waals surface area (Å²) in [6, 6.07) is 14.3. The van der Waals surface area contributed by atoms with Crippen molar-refractivity contribution in [1.82, 2.24) is 19.4 Å². The van der Waals surface area contributed by atoms with Gasteiger partial charge in [-0.05, 0) is 43.3 Å². The van der Waals surface area contributed by atoms with Gasteiger partial charge in [0, 0.05) is 38.2 Å². The van der Waals surface area contributed by atoms with Crippen LogP contribution < -0.4 is 10.3 Å². The monoisotopic (exact) mass is 440 g/mol. The van der Waals surface area contributed by atoms with Gasteiger partial charge in [0.05, 0.1) is 16.9 Å². The van der Waals surface area contributed by atoms with Crippen LogP contribution in [0.4, 0.5) is 0 Å². The molecule has 1 aliphatic heterocycles. The van der Waals surface area contributed by atoms with Crippen molar-refractivity contribution in [2.45, 2.75) is 13.0 Å². The number of hydrogen-bond donors (Lipinski definition) is 0. The van der Waals surface area contributed by atoms with E-state index >= 15 is 0 Å². The maximum Gasteiger partial charge on any atom is 0.261 e. The standard InChI is InChI=1S/C23H25ClN4O3/c1-16(22-25-20-6-4-3-5-19(20)23(30)26(22)2)27-11-13-28(14-12-27)21(29)15-31-18-9-7-17(24)8-10-18/h3-10,16H,11-15H2,1-2H3. The largest absolute Gasteiger partial charge is 0.484 e. The van der Waals surface area contributed by atoms with E-state index in [1.54, 1.807) is 41.9 Å². The predicted molar refractivity (Wildman–Crippen MR) is 120 cm³/mol. The van der Waals surface area contributed by atoms with Crippen molar-refractivity contribution in [3.63, 3.8) is 0 Å². The zero-order valence-corrected chi connectivity index (χ0v) is 18.4. The molecule has 2 aromatic carbocycles. The summed E-state index contributed by atoms with van der Waals surface area (Å²) in [6.45, 7) is 4.67. The molecule has 1 aromatic heterocycles. The molecule has 8 heteroatoms. The fourth-order valence-electron chi connectivity index (χ4n) is 3.90. The first kappa shape index (κ1) is 21.3. The topological polar surface area (TPSA) is 67.7 Å². The van der Waals surface area contributed by atoms with Gasteiger partial charge in [0.2, 0.25) is 0 Å². The summed E-state index contributed by atoms with van der Waals surface area (Å²) < 4.78 is 7.21. The second-order valence-electron chi connectivity index (χ2n) is 7.69. The van der Waals surface area contributed by atoms with E-state index in [-0.39, 0.29) is 24.1 Å². The van der Waals surface area contributed by atoms with Crippen LogP contribution in [0.5, 0.6) is 5.75 Å². The van der Waals surface area contributed by atoms with E-state index in [1.807, 2.05) is 23.1 Å². The molecule has 1 aliphatic rings. The fraction of sp³-hybridized carbons (Fsp3) is 0.348. The summed E-state index contributed by atoms with van der Waals surface area (Å²) >= 11 is 5.87.